The molecule has 1 aromatic carbocycles. The van der Waals surface area contributed by atoms with Crippen molar-refractivity contribution in [2.24, 2.45) is 11.8 Å². The summed E-state index contributed by atoms with van der Waals surface area (Å²) in [6.45, 7) is 4.75. The second-order valence-corrected chi connectivity index (χ2v) is 7.94. The lowest BCUT2D eigenvalue weighted by Crippen LogP contribution is -2.40. The van der Waals surface area contributed by atoms with Crippen LogP contribution in [-0.2, 0) is 20.5 Å². The van der Waals surface area contributed by atoms with Crippen LogP contribution in [0.1, 0.15) is 43.4 Å². The molecule has 2 amide bonds. The molecule has 0 saturated carbocycles. The van der Waals surface area contributed by atoms with E-state index >= 15 is 0 Å². The van der Waals surface area contributed by atoms with E-state index in [1.165, 1.54) is 19.1 Å². The van der Waals surface area contributed by atoms with Crippen LogP contribution >= 0.6 is 0 Å². The zero-order chi connectivity index (χ0) is 19.9. The van der Waals surface area contributed by atoms with E-state index in [0.717, 1.165) is 11.0 Å². The average molecular weight is 378 g/mol. The summed E-state index contributed by atoms with van der Waals surface area (Å²) in [4.78, 5) is 27.0. The number of carbonyl (C=O) groups excluding carboxylic acids is 2. The maximum atomic E-state index is 13.5. The molecule has 3 heterocycles. The molecule has 0 unspecified atom stereocenters. The molecule has 27 heavy (non-hydrogen) atoms. The molecule has 3 aliphatic rings. The number of carbonyl (C=O) groups is 2. The van der Waals surface area contributed by atoms with E-state index < -0.39 is 52.2 Å². The van der Waals surface area contributed by atoms with E-state index in [-0.39, 0.29) is 11.3 Å². The molecule has 2 bridgehead atoms. The third-order valence-corrected chi connectivity index (χ3v) is 6.29. The second kappa shape index (κ2) is 5.10. The highest BCUT2D eigenvalue weighted by atomic mass is 19.4. The summed E-state index contributed by atoms with van der Waals surface area (Å²) in [6, 6.07) is 3.78. The fourth-order valence-electron chi connectivity index (χ4n) is 5.11. The molecule has 0 aromatic heterocycles. The Balaban J connectivity index is 1.86. The van der Waals surface area contributed by atoms with Crippen molar-refractivity contribution in [3.05, 3.63) is 28.8 Å². The second-order valence-electron chi connectivity index (χ2n) is 7.94. The highest BCUT2D eigenvalue weighted by molar-refractivity contribution is 6.23. The Morgan fingerprint density at radius 3 is 2.11 bits per heavy atom. The lowest BCUT2D eigenvalue weighted by molar-refractivity contribution is -0.138. The minimum atomic E-state index is -4.77. The van der Waals surface area contributed by atoms with Gasteiger partial charge >= 0.3 is 6.18 Å². The average Bonchev–Trinajstić information content (AvgIpc) is 3.11. The number of ether oxygens (including phenoxy) is 1. The number of halogens is 3. The Morgan fingerprint density at radius 2 is 1.67 bits per heavy atom. The number of amides is 2. The molecule has 0 aliphatic carbocycles. The normalized spacial score (nSPS) is 34.9. The van der Waals surface area contributed by atoms with Crippen molar-refractivity contribution < 1.29 is 27.5 Å². The van der Waals surface area contributed by atoms with Gasteiger partial charge in [-0.3, -0.25) is 9.59 Å². The topological polar surface area (TPSA) is 70.4 Å². The van der Waals surface area contributed by atoms with E-state index in [4.69, 9.17) is 10.00 Å². The van der Waals surface area contributed by atoms with Gasteiger partial charge in [0, 0.05) is 0 Å². The molecular weight excluding hydrogens is 361 g/mol. The molecule has 3 aliphatic heterocycles. The number of anilines is 1. The number of benzene rings is 1. The summed E-state index contributed by atoms with van der Waals surface area (Å²) in [7, 11) is 0. The van der Waals surface area contributed by atoms with Crippen molar-refractivity contribution in [3.63, 3.8) is 0 Å². The van der Waals surface area contributed by atoms with E-state index in [1.54, 1.807) is 13.8 Å². The van der Waals surface area contributed by atoms with Gasteiger partial charge in [-0.05, 0) is 51.3 Å². The predicted molar refractivity (Wildman–Crippen MR) is 87.5 cm³/mol. The van der Waals surface area contributed by atoms with Gasteiger partial charge < -0.3 is 4.74 Å². The molecule has 8 heteroatoms. The number of rotatable bonds is 1. The number of nitrogens with zero attached hydrogens (tertiary/aromatic N) is 2. The summed E-state index contributed by atoms with van der Waals surface area (Å²) >= 11 is 0. The van der Waals surface area contributed by atoms with Crippen molar-refractivity contribution >= 4 is 17.5 Å². The molecule has 3 fully saturated rings. The van der Waals surface area contributed by atoms with E-state index in [9.17, 15) is 22.8 Å². The van der Waals surface area contributed by atoms with Crippen molar-refractivity contribution in [1.29, 1.82) is 5.26 Å². The summed E-state index contributed by atoms with van der Waals surface area (Å²) in [5.74, 6) is -2.46. The van der Waals surface area contributed by atoms with Gasteiger partial charge in [-0.25, -0.2) is 4.90 Å². The van der Waals surface area contributed by atoms with Gasteiger partial charge in [0.05, 0.1) is 45.9 Å². The summed E-state index contributed by atoms with van der Waals surface area (Å²) in [5.41, 5.74) is -3.63. The van der Waals surface area contributed by atoms with Crippen molar-refractivity contribution in [1.82, 2.24) is 0 Å². The fourth-order valence-corrected chi connectivity index (χ4v) is 5.11. The van der Waals surface area contributed by atoms with Crippen molar-refractivity contribution in [3.8, 4) is 6.07 Å². The number of hydrogen-bond donors (Lipinski definition) is 0. The first-order valence-electron chi connectivity index (χ1n) is 8.63. The summed E-state index contributed by atoms with van der Waals surface area (Å²) < 4.78 is 46.4. The van der Waals surface area contributed by atoms with Crippen LogP contribution in [0, 0.1) is 30.1 Å². The largest absolute Gasteiger partial charge is 0.418 e. The SMILES string of the molecule is Cc1c(N2C(=O)[C@@H]3[C@H](C2=O)[C@@]2(C)CC[C@]3(C)O2)ccc(C#N)c1C(F)(F)F. The van der Waals surface area contributed by atoms with Gasteiger partial charge in [0.15, 0.2) is 0 Å². The van der Waals surface area contributed by atoms with Gasteiger partial charge in [-0.15, -0.1) is 0 Å². The third kappa shape index (κ3) is 2.15. The van der Waals surface area contributed by atoms with Crippen LogP contribution in [-0.4, -0.2) is 23.0 Å². The van der Waals surface area contributed by atoms with Gasteiger partial charge in [-0.2, -0.15) is 18.4 Å². The zero-order valence-electron chi connectivity index (χ0n) is 15.0. The number of hydrogen-bond acceptors (Lipinski definition) is 4. The van der Waals surface area contributed by atoms with Gasteiger partial charge in [0.2, 0.25) is 11.8 Å². The standard InChI is InChI=1S/C19H17F3N2O3/c1-9-11(5-4-10(8-23)12(9)19(20,21)22)24-15(25)13-14(16(24)26)18(3)7-6-17(13,2)27-18/h4-5,13-14H,6-7H2,1-3H3/t13-,14+,17-,18+. The summed E-state index contributed by atoms with van der Waals surface area (Å²) in [6.07, 6.45) is -3.53. The monoisotopic (exact) mass is 378 g/mol. The molecule has 3 saturated heterocycles. The lowest BCUT2D eigenvalue weighted by Gasteiger charge is -2.27. The maximum absolute atomic E-state index is 13.5. The van der Waals surface area contributed by atoms with Gasteiger partial charge in [-0.1, -0.05) is 0 Å². The van der Waals surface area contributed by atoms with Crippen LogP contribution in [0.3, 0.4) is 0 Å². The number of nitriles is 1. The number of fused-ring (bicyclic) bond motifs is 5. The molecule has 142 valence electrons. The molecule has 0 N–H and O–H groups in total. The smallest absolute Gasteiger partial charge is 0.367 e. The molecule has 0 spiro atoms. The van der Waals surface area contributed by atoms with E-state index in [2.05, 4.69) is 0 Å². The maximum Gasteiger partial charge on any atom is 0.418 e. The Labute approximate surface area is 153 Å². The quantitative estimate of drug-likeness (QED) is 0.703. The van der Waals surface area contributed by atoms with Crippen LogP contribution in [0.5, 0.6) is 0 Å². The zero-order valence-corrected chi connectivity index (χ0v) is 15.0. The minimum absolute atomic E-state index is 0.114. The number of imide groups is 1. The minimum Gasteiger partial charge on any atom is -0.367 e. The first-order valence-corrected chi connectivity index (χ1v) is 8.63. The van der Waals surface area contributed by atoms with E-state index in [0.29, 0.717) is 12.8 Å². The van der Waals surface area contributed by atoms with Crippen molar-refractivity contribution in [2.45, 2.75) is 51.0 Å². The van der Waals surface area contributed by atoms with Gasteiger partial charge in [0.25, 0.3) is 0 Å². The first-order chi connectivity index (χ1) is 12.4. The van der Waals surface area contributed by atoms with Crippen LogP contribution in [0.4, 0.5) is 18.9 Å². The Kier molecular flexibility index (Phi) is 3.40. The van der Waals surface area contributed by atoms with Crippen LogP contribution in [0.25, 0.3) is 0 Å². The molecular formula is C19H17F3N2O3. The summed E-state index contributed by atoms with van der Waals surface area (Å²) in [5, 5.41) is 9.03. The Hall–Kier alpha value is -2.40. The highest BCUT2D eigenvalue weighted by Gasteiger charge is 2.72. The Morgan fingerprint density at radius 1 is 1.15 bits per heavy atom. The lowest BCUT2D eigenvalue weighted by atomic mass is 9.69. The molecule has 4 atom stereocenters. The molecule has 4 rings (SSSR count). The first kappa shape index (κ1) is 18.0. The van der Waals surface area contributed by atoms with Gasteiger partial charge in [0.1, 0.15) is 0 Å². The van der Waals surface area contributed by atoms with Crippen molar-refractivity contribution in [2.75, 3.05) is 4.90 Å². The fraction of sp³-hybridized carbons (Fsp3) is 0.526. The highest BCUT2D eigenvalue weighted by Crippen LogP contribution is 2.61. The molecule has 1 aromatic rings. The predicted octanol–water partition coefficient (Wildman–Crippen LogP) is 3.33. The van der Waals surface area contributed by atoms with Crippen LogP contribution in [0.15, 0.2) is 12.1 Å². The Bertz CT molecular complexity index is 901. The van der Waals surface area contributed by atoms with Crippen LogP contribution in [0.2, 0.25) is 0 Å². The van der Waals surface area contributed by atoms with Crippen LogP contribution < -0.4 is 4.90 Å². The third-order valence-electron chi connectivity index (χ3n) is 6.29. The van der Waals surface area contributed by atoms with E-state index in [1.807, 2.05) is 0 Å². The molecule has 0 radical (unpaired) electrons. The molecule has 5 nitrogen and oxygen atoms in total. The number of alkyl halides is 3.